The Morgan fingerprint density at radius 2 is 2.00 bits per heavy atom. The Kier molecular flexibility index (Phi) is 4.18. The van der Waals surface area contributed by atoms with Crippen LogP contribution in [0.2, 0.25) is 0 Å². The highest BCUT2D eigenvalue weighted by Crippen LogP contribution is 2.07. The van der Waals surface area contributed by atoms with E-state index in [1.165, 1.54) is 24.1 Å². The maximum absolute atomic E-state index is 11.5. The molecule has 0 aliphatic carbocycles. The summed E-state index contributed by atoms with van der Waals surface area (Å²) in [4.78, 5) is 33.6. The van der Waals surface area contributed by atoms with Gasteiger partial charge in [-0.05, 0) is 19.1 Å². The molecular weight excluding hydrogens is 208 g/mol. The molecular formula is C12H10O4. The van der Waals surface area contributed by atoms with Gasteiger partial charge < -0.3 is 4.74 Å². The number of carbonyl (C=O) groups excluding carboxylic acids is 2. The van der Waals surface area contributed by atoms with Crippen molar-refractivity contribution in [3.05, 3.63) is 46.1 Å². The molecule has 0 radical (unpaired) electrons. The third-order valence-corrected chi connectivity index (χ3v) is 1.85. The van der Waals surface area contributed by atoms with E-state index in [1.54, 1.807) is 19.1 Å². The highest BCUT2D eigenvalue weighted by atomic mass is 16.5. The van der Waals surface area contributed by atoms with E-state index in [0.717, 1.165) is 0 Å². The highest BCUT2D eigenvalue weighted by molar-refractivity contribution is 6.25. The average molecular weight is 218 g/mol. The predicted molar refractivity (Wildman–Crippen MR) is 58.4 cm³/mol. The molecule has 0 spiro atoms. The van der Waals surface area contributed by atoms with Gasteiger partial charge in [0.25, 0.3) is 0 Å². The monoisotopic (exact) mass is 218 g/mol. The van der Waals surface area contributed by atoms with Crippen LogP contribution in [0.15, 0.2) is 35.1 Å². The zero-order valence-corrected chi connectivity index (χ0v) is 8.73. The van der Waals surface area contributed by atoms with Crippen molar-refractivity contribution in [3.63, 3.8) is 0 Å². The van der Waals surface area contributed by atoms with E-state index in [0.29, 0.717) is 0 Å². The normalized spacial score (nSPS) is 9.06. The van der Waals surface area contributed by atoms with Crippen LogP contribution in [0.25, 0.3) is 5.57 Å². The van der Waals surface area contributed by atoms with E-state index in [2.05, 4.69) is 4.74 Å². The summed E-state index contributed by atoms with van der Waals surface area (Å²) in [5.41, 5.74) is -0.794. The summed E-state index contributed by atoms with van der Waals surface area (Å²) in [7, 11) is 0. The highest BCUT2D eigenvalue weighted by Gasteiger charge is 2.16. The Balaban J connectivity index is 3.28. The van der Waals surface area contributed by atoms with Gasteiger partial charge in [-0.2, -0.15) is 0 Å². The lowest BCUT2D eigenvalue weighted by Crippen LogP contribution is -2.13. The molecule has 1 aromatic rings. The fourth-order valence-electron chi connectivity index (χ4n) is 1.15. The molecule has 0 amide bonds. The third kappa shape index (κ3) is 2.65. The lowest BCUT2D eigenvalue weighted by Gasteiger charge is -2.00. The quantitative estimate of drug-likeness (QED) is 0.428. The molecule has 0 N–H and O–H groups in total. The van der Waals surface area contributed by atoms with Crippen molar-refractivity contribution in [2.75, 3.05) is 6.61 Å². The number of hydrogen-bond donors (Lipinski definition) is 0. The largest absolute Gasteiger partial charge is 0.462 e. The van der Waals surface area contributed by atoms with Crippen molar-refractivity contribution in [1.29, 1.82) is 0 Å². The lowest BCUT2D eigenvalue weighted by molar-refractivity contribution is -0.135. The third-order valence-electron chi connectivity index (χ3n) is 1.85. The maximum atomic E-state index is 11.5. The first-order chi connectivity index (χ1) is 7.70. The lowest BCUT2D eigenvalue weighted by atomic mass is 10.1. The van der Waals surface area contributed by atoms with Crippen LogP contribution in [0.5, 0.6) is 0 Å². The van der Waals surface area contributed by atoms with Gasteiger partial charge in [-0.15, -0.1) is 0 Å². The summed E-state index contributed by atoms with van der Waals surface area (Å²) in [6, 6.07) is 7.37. The number of esters is 1. The molecule has 16 heavy (non-hydrogen) atoms. The number of carbonyl (C=O) groups is 1. The minimum absolute atomic E-state index is 0.00144. The van der Waals surface area contributed by atoms with E-state index < -0.39 is 11.4 Å². The molecule has 0 atom stereocenters. The summed E-state index contributed by atoms with van der Waals surface area (Å²) >= 11 is 0. The molecule has 0 saturated heterocycles. The summed E-state index contributed by atoms with van der Waals surface area (Å²) in [6.45, 7) is 1.75. The van der Waals surface area contributed by atoms with Crippen LogP contribution >= 0.6 is 0 Å². The van der Waals surface area contributed by atoms with Crippen LogP contribution in [0.3, 0.4) is 0 Å². The first kappa shape index (κ1) is 11.9. The molecule has 0 unspecified atom stereocenters. The standard InChI is InChI=1S/C12H10O4/c1-2-16-12(15)10(8-13)9-6-4-3-5-7-11(9)14/h3-7H,2H2,1H3. The van der Waals surface area contributed by atoms with E-state index in [-0.39, 0.29) is 17.7 Å². The van der Waals surface area contributed by atoms with Crippen molar-refractivity contribution in [1.82, 2.24) is 0 Å². The molecule has 0 aromatic heterocycles. The smallest absolute Gasteiger partial charge is 0.350 e. The van der Waals surface area contributed by atoms with Gasteiger partial charge >= 0.3 is 5.97 Å². The van der Waals surface area contributed by atoms with Gasteiger partial charge in [0.05, 0.1) is 6.61 Å². The van der Waals surface area contributed by atoms with E-state index in [1.807, 2.05) is 0 Å². The Hall–Kier alpha value is -2.19. The van der Waals surface area contributed by atoms with Crippen LogP contribution < -0.4 is 5.43 Å². The Morgan fingerprint density at radius 3 is 2.62 bits per heavy atom. The van der Waals surface area contributed by atoms with Crippen LogP contribution in [0, 0.1) is 0 Å². The van der Waals surface area contributed by atoms with Gasteiger partial charge in [-0.3, -0.25) is 4.79 Å². The van der Waals surface area contributed by atoms with Crippen LogP contribution in [0.1, 0.15) is 12.5 Å². The van der Waals surface area contributed by atoms with Crippen molar-refractivity contribution in [3.8, 4) is 0 Å². The van der Waals surface area contributed by atoms with Crippen LogP contribution in [-0.2, 0) is 14.3 Å². The molecule has 0 heterocycles. The molecule has 0 aliphatic rings. The molecule has 4 nitrogen and oxygen atoms in total. The Bertz CT molecular complexity index is 498. The maximum Gasteiger partial charge on any atom is 0.350 e. The molecule has 0 fully saturated rings. The van der Waals surface area contributed by atoms with Gasteiger partial charge in [0.15, 0.2) is 11.0 Å². The first-order valence-electron chi connectivity index (χ1n) is 4.72. The summed E-state index contributed by atoms with van der Waals surface area (Å²) in [6.07, 6.45) is 0. The Morgan fingerprint density at radius 1 is 1.31 bits per heavy atom. The van der Waals surface area contributed by atoms with E-state index in [4.69, 9.17) is 0 Å². The minimum atomic E-state index is -0.833. The minimum Gasteiger partial charge on any atom is -0.462 e. The van der Waals surface area contributed by atoms with Crippen molar-refractivity contribution in [2.45, 2.75) is 6.92 Å². The molecule has 1 rings (SSSR count). The second-order valence-corrected chi connectivity index (χ2v) is 2.89. The van der Waals surface area contributed by atoms with Gasteiger partial charge in [0.2, 0.25) is 0 Å². The van der Waals surface area contributed by atoms with Crippen molar-refractivity contribution in [2.24, 2.45) is 0 Å². The molecule has 0 saturated carbocycles. The second kappa shape index (κ2) is 5.63. The second-order valence-electron chi connectivity index (χ2n) is 2.89. The van der Waals surface area contributed by atoms with Gasteiger partial charge in [0.1, 0.15) is 5.94 Å². The summed E-state index contributed by atoms with van der Waals surface area (Å²) in [5.74, 6) is 0.617. The van der Waals surface area contributed by atoms with Gasteiger partial charge in [-0.1, -0.05) is 18.2 Å². The molecule has 0 bridgehead atoms. The number of ether oxygens (including phenoxy) is 1. The first-order valence-corrected chi connectivity index (χ1v) is 4.72. The average Bonchev–Trinajstić information content (AvgIpc) is 2.46. The molecule has 1 aromatic carbocycles. The fourth-order valence-corrected chi connectivity index (χ4v) is 1.15. The summed E-state index contributed by atoms with van der Waals surface area (Å²) in [5, 5.41) is 0. The SMILES string of the molecule is CCOC(=O)C(=C=O)c1cccccc1=O. The molecule has 0 aliphatic heterocycles. The zero-order chi connectivity index (χ0) is 12.0. The van der Waals surface area contributed by atoms with E-state index in [9.17, 15) is 14.4 Å². The number of hydrogen-bond acceptors (Lipinski definition) is 4. The topological polar surface area (TPSA) is 60.4 Å². The van der Waals surface area contributed by atoms with Crippen LogP contribution in [0.4, 0.5) is 0 Å². The van der Waals surface area contributed by atoms with Crippen molar-refractivity contribution < 1.29 is 14.3 Å². The van der Waals surface area contributed by atoms with Gasteiger partial charge in [-0.25, -0.2) is 9.59 Å². The molecule has 82 valence electrons. The van der Waals surface area contributed by atoms with Crippen LogP contribution in [-0.4, -0.2) is 18.5 Å². The zero-order valence-electron chi connectivity index (χ0n) is 8.73. The predicted octanol–water partition coefficient (Wildman–Crippen LogP) is 0.825. The van der Waals surface area contributed by atoms with Crippen molar-refractivity contribution >= 4 is 17.5 Å². The molecule has 4 heteroatoms. The number of rotatable bonds is 3. The Labute approximate surface area is 92.2 Å². The van der Waals surface area contributed by atoms with E-state index >= 15 is 0 Å². The summed E-state index contributed by atoms with van der Waals surface area (Å²) < 4.78 is 4.66. The fraction of sp³-hybridized carbons (Fsp3) is 0.167. The van der Waals surface area contributed by atoms with Gasteiger partial charge in [0, 0.05) is 5.56 Å².